The number of hydrogen-bond acceptors (Lipinski definition) is 4. The van der Waals surface area contributed by atoms with E-state index in [-0.39, 0.29) is 0 Å². The standard InChI is InChI=1S/C28H42N4/c1-5-23-13-15-25(16-14-23)26-18-17-24(12-7-6-9-19-29-3)27(31-26)21-28(30-4)32-20-10-8-11-22(32)2/h13,15,17-18,21-22,29H,4-12,14,16,19-20H2,1-3H3/b28-21+. The molecule has 1 unspecified atom stereocenters. The summed E-state index contributed by atoms with van der Waals surface area (Å²) in [6.07, 6.45) is 18.6. The first-order valence-corrected chi connectivity index (χ1v) is 12.6. The zero-order valence-electron chi connectivity index (χ0n) is 20.5. The topological polar surface area (TPSA) is 40.5 Å². The van der Waals surface area contributed by atoms with Crippen LogP contribution in [0, 0.1) is 0 Å². The van der Waals surface area contributed by atoms with Crippen molar-refractivity contribution >= 4 is 18.4 Å². The van der Waals surface area contributed by atoms with Crippen LogP contribution in [-0.2, 0) is 6.42 Å². The van der Waals surface area contributed by atoms with Crippen LogP contribution in [0.4, 0.5) is 0 Å². The molecule has 4 heteroatoms. The summed E-state index contributed by atoms with van der Waals surface area (Å²) in [5.74, 6) is 0.976. The van der Waals surface area contributed by atoms with E-state index in [1.165, 1.54) is 55.2 Å². The van der Waals surface area contributed by atoms with E-state index in [0.717, 1.165) is 56.0 Å². The quantitative estimate of drug-likeness (QED) is 0.323. The Balaban J connectivity index is 1.89. The van der Waals surface area contributed by atoms with Crippen LogP contribution in [-0.4, -0.2) is 42.8 Å². The van der Waals surface area contributed by atoms with Gasteiger partial charge in [0.25, 0.3) is 0 Å². The molecule has 1 aromatic rings. The first kappa shape index (κ1) is 24.4. The molecule has 174 valence electrons. The van der Waals surface area contributed by atoms with Gasteiger partial charge < -0.3 is 10.2 Å². The predicted molar refractivity (Wildman–Crippen MR) is 139 cm³/mol. The third-order valence-corrected chi connectivity index (χ3v) is 6.93. The molecule has 0 bridgehead atoms. The lowest BCUT2D eigenvalue weighted by molar-refractivity contribution is 0.209. The van der Waals surface area contributed by atoms with Crippen LogP contribution < -0.4 is 5.32 Å². The van der Waals surface area contributed by atoms with Crippen molar-refractivity contribution in [3.63, 3.8) is 0 Å². The van der Waals surface area contributed by atoms with E-state index in [2.05, 4.69) is 66.1 Å². The molecule has 3 rings (SSSR count). The Bertz CT molecular complexity index is 849. The van der Waals surface area contributed by atoms with E-state index < -0.39 is 0 Å². The van der Waals surface area contributed by atoms with Crippen LogP contribution in [0.2, 0.25) is 0 Å². The number of aryl methyl sites for hydroxylation is 1. The van der Waals surface area contributed by atoms with Crippen molar-refractivity contribution in [2.45, 2.75) is 84.1 Å². The van der Waals surface area contributed by atoms with E-state index in [9.17, 15) is 0 Å². The van der Waals surface area contributed by atoms with Gasteiger partial charge in [-0.15, -0.1) is 0 Å². The van der Waals surface area contributed by atoms with Crippen LogP contribution >= 0.6 is 0 Å². The Morgan fingerprint density at radius 2 is 2.09 bits per heavy atom. The number of piperidine rings is 1. The number of hydrogen-bond donors (Lipinski definition) is 1. The van der Waals surface area contributed by atoms with Gasteiger partial charge in [0.2, 0.25) is 0 Å². The van der Waals surface area contributed by atoms with Gasteiger partial charge in [0.05, 0.1) is 11.4 Å². The molecule has 1 aliphatic carbocycles. The second kappa shape index (κ2) is 12.7. The number of allylic oxidation sites excluding steroid dienone is 4. The van der Waals surface area contributed by atoms with Crippen LogP contribution in [0.1, 0.15) is 88.6 Å². The van der Waals surface area contributed by atoms with E-state index in [1.807, 2.05) is 7.05 Å². The van der Waals surface area contributed by atoms with Gasteiger partial charge in [0.15, 0.2) is 0 Å². The highest BCUT2D eigenvalue weighted by Crippen LogP contribution is 2.29. The fraction of sp³-hybridized carbons (Fsp3) is 0.571. The molecular formula is C28H42N4. The molecule has 32 heavy (non-hydrogen) atoms. The number of likely N-dealkylation sites (tertiary alicyclic amines) is 1. The van der Waals surface area contributed by atoms with Crippen LogP contribution in [0.3, 0.4) is 0 Å². The average Bonchev–Trinajstić information content (AvgIpc) is 2.83. The van der Waals surface area contributed by atoms with E-state index in [4.69, 9.17) is 4.98 Å². The molecule has 2 heterocycles. The molecule has 0 saturated carbocycles. The SMILES string of the molecule is C=N/C(=C\c1nc(C2=CC=C(CC)CC2)ccc1CCCCCNC)N1CCCCC1C. The number of pyridine rings is 1. The number of nitrogens with one attached hydrogen (secondary N) is 1. The third-order valence-electron chi connectivity index (χ3n) is 6.93. The first-order valence-electron chi connectivity index (χ1n) is 12.6. The lowest BCUT2D eigenvalue weighted by Crippen LogP contribution is -2.36. The van der Waals surface area contributed by atoms with E-state index in [0.29, 0.717) is 6.04 Å². The molecule has 1 fully saturated rings. The molecule has 0 amide bonds. The molecule has 2 aliphatic rings. The lowest BCUT2D eigenvalue weighted by Gasteiger charge is -2.35. The number of aromatic nitrogens is 1. The van der Waals surface area contributed by atoms with Gasteiger partial charge in [0.1, 0.15) is 5.82 Å². The third kappa shape index (κ3) is 6.65. The molecule has 0 aromatic carbocycles. The summed E-state index contributed by atoms with van der Waals surface area (Å²) >= 11 is 0. The number of rotatable bonds is 11. The maximum atomic E-state index is 5.17. The molecule has 1 saturated heterocycles. The largest absolute Gasteiger partial charge is 0.354 e. The summed E-state index contributed by atoms with van der Waals surface area (Å²) in [5.41, 5.74) is 6.38. The smallest absolute Gasteiger partial charge is 0.130 e. The fourth-order valence-corrected chi connectivity index (χ4v) is 4.78. The van der Waals surface area contributed by atoms with Crippen molar-refractivity contribution < 1.29 is 0 Å². The van der Waals surface area contributed by atoms with Crippen LogP contribution in [0.5, 0.6) is 0 Å². The molecule has 1 N–H and O–H groups in total. The Morgan fingerprint density at radius 3 is 2.78 bits per heavy atom. The molecule has 1 aliphatic heterocycles. The highest BCUT2D eigenvalue weighted by atomic mass is 15.2. The number of unbranched alkanes of at least 4 members (excludes halogenated alkanes) is 2. The van der Waals surface area contributed by atoms with Crippen molar-refractivity contribution in [1.82, 2.24) is 15.2 Å². The zero-order valence-corrected chi connectivity index (χ0v) is 20.5. The van der Waals surface area contributed by atoms with Crippen molar-refractivity contribution in [1.29, 1.82) is 0 Å². The molecule has 0 spiro atoms. The van der Waals surface area contributed by atoms with Crippen molar-refractivity contribution in [3.8, 4) is 0 Å². The van der Waals surface area contributed by atoms with E-state index >= 15 is 0 Å². The molecule has 1 aromatic heterocycles. The van der Waals surface area contributed by atoms with Gasteiger partial charge in [-0.2, -0.15) is 0 Å². The lowest BCUT2D eigenvalue weighted by atomic mass is 9.94. The predicted octanol–water partition coefficient (Wildman–Crippen LogP) is 6.40. The van der Waals surface area contributed by atoms with Gasteiger partial charge in [-0.25, -0.2) is 9.98 Å². The summed E-state index contributed by atoms with van der Waals surface area (Å²) in [4.78, 5) is 12.0. The second-order valence-electron chi connectivity index (χ2n) is 9.22. The van der Waals surface area contributed by atoms with Crippen molar-refractivity contribution in [2.75, 3.05) is 20.1 Å². The van der Waals surface area contributed by atoms with Crippen LogP contribution in [0.25, 0.3) is 11.6 Å². The fourth-order valence-electron chi connectivity index (χ4n) is 4.78. The monoisotopic (exact) mass is 434 g/mol. The highest BCUT2D eigenvalue weighted by molar-refractivity contribution is 5.68. The van der Waals surface area contributed by atoms with Crippen molar-refractivity contribution in [2.24, 2.45) is 4.99 Å². The second-order valence-corrected chi connectivity index (χ2v) is 9.22. The van der Waals surface area contributed by atoms with E-state index in [1.54, 1.807) is 0 Å². The zero-order chi connectivity index (χ0) is 22.8. The maximum Gasteiger partial charge on any atom is 0.130 e. The molecule has 0 radical (unpaired) electrons. The Kier molecular flexibility index (Phi) is 9.73. The Morgan fingerprint density at radius 1 is 1.22 bits per heavy atom. The van der Waals surface area contributed by atoms with Gasteiger partial charge in [0, 0.05) is 18.7 Å². The minimum absolute atomic E-state index is 0.507. The summed E-state index contributed by atoms with van der Waals surface area (Å²) in [6, 6.07) is 5.03. The first-order chi connectivity index (χ1) is 15.7. The minimum Gasteiger partial charge on any atom is -0.354 e. The molecular weight excluding hydrogens is 392 g/mol. The number of nitrogens with zero attached hydrogens (tertiary/aromatic N) is 3. The van der Waals surface area contributed by atoms with Crippen LogP contribution in [0.15, 0.2) is 40.7 Å². The number of aliphatic imine (C=N–C) groups is 1. The highest BCUT2D eigenvalue weighted by Gasteiger charge is 2.21. The van der Waals surface area contributed by atoms with Gasteiger partial charge in [-0.1, -0.05) is 37.1 Å². The Hall–Kier alpha value is -2.20. The summed E-state index contributed by atoms with van der Waals surface area (Å²) in [5, 5.41) is 3.25. The molecule has 4 nitrogen and oxygen atoms in total. The molecule has 1 atom stereocenters. The average molecular weight is 435 g/mol. The minimum atomic E-state index is 0.507. The maximum absolute atomic E-state index is 5.17. The summed E-state index contributed by atoms with van der Waals surface area (Å²) in [7, 11) is 2.02. The van der Waals surface area contributed by atoms with Gasteiger partial charge in [-0.3, -0.25) is 0 Å². The van der Waals surface area contributed by atoms with Crippen molar-refractivity contribution in [3.05, 3.63) is 52.6 Å². The summed E-state index contributed by atoms with van der Waals surface area (Å²) < 4.78 is 0. The van der Waals surface area contributed by atoms with Gasteiger partial charge >= 0.3 is 0 Å². The Labute approximate surface area is 195 Å². The summed E-state index contributed by atoms with van der Waals surface area (Å²) in [6.45, 7) is 10.6. The normalized spacial score (nSPS) is 19.5. The van der Waals surface area contributed by atoms with Gasteiger partial charge in [-0.05, 0) is 102 Å².